The molecule has 2 aromatic rings. The van der Waals surface area contributed by atoms with Crippen molar-refractivity contribution in [1.82, 2.24) is 15.1 Å². The van der Waals surface area contributed by atoms with Crippen molar-refractivity contribution >= 4 is 11.6 Å². The van der Waals surface area contributed by atoms with Gasteiger partial charge in [0.05, 0.1) is 12.4 Å². The first kappa shape index (κ1) is 15.9. The van der Waals surface area contributed by atoms with E-state index in [4.69, 9.17) is 16.3 Å². The SMILES string of the molecule is CC(C)NCc1ccc(Cl)cc1Oc1cnn(C(C)C)c1. The second kappa shape index (κ2) is 6.96. The van der Waals surface area contributed by atoms with Crippen LogP contribution in [0, 0.1) is 0 Å². The van der Waals surface area contributed by atoms with E-state index in [0.717, 1.165) is 23.6 Å². The van der Waals surface area contributed by atoms with Crippen molar-refractivity contribution in [2.24, 2.45) is 0 Å². The van der Waals surface area contributed by atoms with Crippen molar-refractivity contribution in [1.29, 1.82) is 0 Å². The number of benzene rings is 1. The molecule has 21 heavy (non-hydrogen) atoms. The van der Waals surface area contributed by atoms with Crippen LogP contribution in [-0.2, 0) is 6.54 Å². The highest BCUT2D eigenvalue weighted by atomic mass is 35.5. The Morgan fingerprint density at radius 3 is 2.67 bits per heavy atom. The Morgan fingerprint density at radius 2 is 2.05 bits per heavy atom. The molecule has 0 atom stereocenters. The van der Waals surface area contributed by atoms with E-state index in [1.54, 1.807) is 6.20 Å². The van der Waals surface area contributed by atoms with Crippen LogP contribution in [0.4, 0.5) is 0 Å². The molecule has 0 spiro atoms. The summed E-state index contributed by atoms with van der Waals surface area (Å²) < 4.78 is 7.81. The number of nitrogens with zero attached hydrogens (tertiary/aromatic N) is 2. The van der Waals surface area contributed by atoms with E-state index in [-0.39, 0.29) is 0 Å². The number of ether oxygens (including phenoxy) is 1. The Balaban J connectivity index is 2.18. The lowest BCUT2D eigenvalue weighted by atomic mass is 10.2. The number of hydrogen-bond acceptors (Lipinski definition) is 3. The van der Waals surface area contributed by atoms with Crippen LogP contribution in [0.25, 0.3) is 0 Å². The van der Waals surface area contributed by atoms with Gasteiger partial charge in [0.25, 0.3) is 0 Å². The molecule has 0 aliphatic rings. The molecule has 1 N–H and O–H groups in total. The molecule has 0 radical (unpaired) electrons. The maximum atomic E-state index is 6.08. The van der Waals surface area contributed by atoms with Gasteiger partial charge in [-0.1, -0.05) is 31.5 Å². The number of halogens is 1. The number of aromatic nitrogens is 2. The second-order valence-corrected chi connectivity index (χ2v) is 6.08. The predicted molar refractivity (Wildman–Crippen MR) is 86.1 cm³/mol. The number of hydrogen-bond donors (Lipinski definition) is 1. The van der Waals surface area contributed by atoms with Gasteiger partial charge in [0.15, 0.2) is 5.75 Å². The van der Waals surface area contributed by atoms with Crippen molar-refractivity contribution in [2.75, 3.05) is 0 Å². The lowest BCUT2D eigenvalue weighted by Gasteiger charge is -2.13. The Morgan fingerprint density at radius 1 is 1.29 bits per heavy atom. The minimum absolute atomic E-state index is 0.309. The van der Waals surface area contributed by atoms with Gasteiger partial charge in [0.2, 0.25) is 0 Å². The normalized spacial score (nSPS) is 11.4. The summed E-state index contributed by atoms with van der Waals surface area (Å²) in [7, 11) is 0. The molecule has 4 nitrogen and oxygen atoms in total. The molecule has 1 aromatic carbocycles. The van der Waals surface area contributed by atoms with Crippen LogP contribution in [-0.4, -0.2) is 15.8 Å². The average molecular weight is 308 g/mol. The molecule has 0 aliphatic carbocycles. The van der Waals surface area contributed by atoms with E-state index in [0.29, 0.717) is 17.1 Å². The summed E-state index contributed by atoms with van der Waals surface area (Å²) in [5.74, 6) is 1.48. The minimum atomic E-state index is 0.309. The summed E-state index contributed by atoms with van der Waals surface area (Å²) in [6.45, 7) is 9.12. The first-order valence-electron chi connectivity index (χ1n) is 7.19. The summed E-state index contributed by atoms with van der Waals surface area (Å²) in [4.78, 5) is 0. The highest BCUT2D eigenvalue weighted by Crippen LogP contribution is 2.28. The number of rotatable bonds is 6. The van der Waals surface area contributed by atoms with E-state index in [1.165, 1.54) is 0 Å². The highest BCUT2D eigenvalue weighted by Gasteiger charge is 2.09. The molecule has 0 bridgehead atoms. The van der Waals surface area contributed by atoms with Gasteiger partial charge in [0, 0.05) is 29.2 Å². The molecule has 0 fully saturated rings. The van der Waals surface area contributed by atoms with Gasteiger partial charge < -0.3 is 10.1 Å². The van der Waals surface area contributed by atoms with Crippen molar-refractivity contribution in [2.45, 2.75) is 46.3 Å². The predicted octanol–water partition coefficient (Wildman–Crippen LogP) is 4.41. The van der Waals surface area contributed by atoms with Gasteiger partial charge in [-0.3, -0.25) is 4.68 Å². The smallest absolute Gasteiger partial charge is 0.165 e. The van der Waals surface area contributed by atoms with Crippen LogP contribution in [0.1, 0.15) is 39.3 Å². The molecule has 0 unspecified atom stereocenters. The fourth-order valence-corrected chi connectivity index (χ4v) is 2.03. The maximum Gasteiger partial charge on any atom is 0.165 e. The monoisotopic (exact) mass is 307 g/mol. The summed E-state index contributed by atoms with van der Waals surface area (Å²) in [5.41, 5.74) is 1.07. The summed E-state index contributed by atoms with van der Waals surface area (Å²) in [6, 6.07) is 6.43. The topological polar surface area (TPSA) is 39.1 Å². The lowest BCUT2D eigenvalue weighted by molar-refractivity contribution is 0.465. The van der Waals surface area contributed by atoms with Crippen LogP contribution < -0.4 is 10.1 Å². The fourth-order valence-electron chi connectivity index (χ4n) is 1.87. The average Bonchev–Trinajstić information content (AvgIpc) is 2.86. The quantitative estimate of drug-likeness (QED) is 0.859. The van der Waals surface area contributed by atoms with E-state index >= 15 is 0 Å². The van der Waals surface area contributed by atoms with Gasteiger partial charge >= 0.3 is 0 Å². The Kier molecular flexibility index (Phi) is 5.26. The summed E-state index contributed by atoms with van der Waals surface area (Å²) >= 11 is 6.08. The molecular weight excluding hydrogens is 286 g/mol. The van der Waals surface area contributed by atoms with Gasteiger partial charge in [-0.2, -0.15) is 5.10 Å². The van der Waals surface area contributed by atoms with Gasteiger partial charge in [-0.25, -0.2) is 0 Å². The largest absolute Gasteiger partial charge is 0.454 e. The third kappa shape index (κ3) is 4.48. The molecule has 0 saturated heterocycles. The fraction of sp³-hybridized carbons (Fsp3) is 0.438. The van der Waals surface area contributed by atoms with Crippen molar-refractivity contribution < 1.29 is 4.74 Å². The van der Waals surface area contributed by atoms with E-state index in [1.807, 2.05) is 29.1 Å². The van der Waals surface area contributed by atoms with E-state index < -0.39 is 0 Å². The standard InChI is InChI=1S/C16H22ClN3O/c1-11(2)18-8-13-5-6-14(17)7-16(13)21-15-9-19-20(10-15)12(3)4/h5-7,9-12,18H,8H2,1-4H3. The van der Waals surface area contributed by atoms with Gasteiger partial charge in [0.1, 0.15) is 5.75 Å². The van der Waals surface area contributed by atoms with Crippen LogP contribution in [0.15, 0.2) is 30.6 Å². The van der Waals surface area contributed by atoms with Crippen molar-refractivity contribution in [3.8, 4) is 11.5 Å². The first-order valence-corrected chi connectivity index (χ1v) is 7.57. The zero-order valence-electron chi connectivity index (χ0n) is 12.9. The third-order valence-corrected chi connectivity index (χ3v) is 3.30. The molecular formula is C16H22ClN3O. The zero-order valence-corrected chi connectivity index (χ0v) is 13.7. The zero-order chi connectivity index (χ0) is 15.4. The number of nitrogens with one attached hydrogen (secondary N) is 1. The van der Waals surface area contributed by atoms with E-state index in [9.17, 15) is 0 Å². The van der Waals surface area contributed by atoms with Gasteiger partial charge in [-0.15, -0.1) is 0 Å². The highest BCUT2D eigenvalue weighted by molar-refractivity contribution is 6.30. The Labute approximate surface area is 131 Å². The Bertz CT molecular complexity index is 593. The van der Waals surface area contributed by atoms with Crippen LogP contribution >= 0.6 is 11.6 Å². The van der Waals surface area contributed by atoms with Gasteiger partial charge in [-0.05, 0) is 26.0 Å². The van der Waals surface area contributed by atoms with Crippen LogP contribution in [0.2, 0.25) is 5.02 Å². The molecule has 1 aromatic heterocycles. The van der Waals surface area contributed by atoms with Crippen molar-refractivity contribution in [3.05, 3.63) is 41.2 Å². The second-order valence-electron chi connectivity index (χ2n) is 5.64. The van der Waals surface area contributed by atoms with Crippen molar-refractivity contribution in [3.63, 3.8) is 0 Å². The van der Waals surface area contributed by atoms with Crippen LogP contribution in [0.3, 0.4) is 0 Å². The first-order chi connectivity index (χ1) is 9.95. The molecule has 0 aliphatic heterocycles. The third-order valence-electron chi connectivity index (χ3n) is 3.06. The minimum Gasteiger partial charge on any atom is -0.454 e. The summed E-state index contributed by atoms with van der Waals surface area (Å²) in [6.07, 6.45) is 3.62. The lowest BCUT2D eigenvalue weighted by Crippen LogP contribution is -2.22. The summed E-state index contributed by atoms with van der Waals surface area (Å²) in [5, 5.41) is 8.33. The maximum absolute atomic E-state index is 6.08. The molecule has 1 heterocycles. The molecule has 0 amide bonds. The molecule has 114 valence electrons. The van der Waals surface area contributed by atoms with Crippen LogP contribution in [0.5, 0.6) is 11.5 Å². The van der Waals surface area contributed by atoms with E-state index in [2.05, 4.69) is 38.1 Å². The molecule has 5 heteroatoms. The molecule has 2 rings (SSSR count). The Hall–Kier alpha value is -1.52. The molecule has 0 saturated carbocycles.